The van der Waals surface area contributed by atoms with Gasteiger partial charge in [-0.2, -0.15) is 0 Å². The van der Waals surface area contributed by atoms with E-state index in [2.05, 4.69) is 10.0 Å². The van der Waals surface area contributed by atoms with Crippen LogP contribution in [0.25, 0.3) is 10.8 Å². The molecular weight excluding hydrogens is 453 g/mol. The van der Waals surface area contributed by atoms with Crippen LogP contribution in [0.4, 0.5) is 0 Å². The lowest BCUT2D eigenvalue weighted by molar-refractivity contribution is 0.360. The van der Waals surface area contributed by atoms with Gasteiger partial charge in [-0.25, -0.2) is 13.1 Å². The number of hydrogen-bond acceptors (Lipinski definition) is 4. The monoisotopic (exact) mass is 489 g/mol. The first-order valence-electron chi connectivity index (χ1n) is 11.0. The minimum Gasteiger partial charge on any atom is -0.326 e. The van der Waals surface area contributed by atoms with E-state index in [9.17, 15) is 8.42 Å². The summed E-state index contributed by atoms with van der Waals surface area (Å²) in [7, 11) is -3.47. The van der Waals surface area contributed by atoms with Crippen LogP contribution in [0.3, 0.4) is 0 Å². The fraction of sp³-hybridized carbons (Fsp3) is 0.565. The molecule has 1 fully saturated rings. The van der Waals surface area contributed by atoms with E-state index in [1.54, 1.807) is 12.1 Å². The van der Waals surface area contributed by atoms with Gasteiger partial charge in [-0.3, -0.25) is 0 Å². The maximum Gasteiger partial charge on any atom is 0.240 e. The lowest BCUT2D eigenvalue weighted by Gasteiger charge is -2.22. The zero-order valence-electron chi connectivity index (χ0n) is 18.1. The number of unbranched alkanes of at least 4 members (excludes halogenated alkanes) is 1. The molecule has 31 heavy (non-hydrogen) atoms. The summed E-state index contributed by atoms with van der Waals surface area (Å²) in [6.45, 7) is 2.18. The van der Waals surface area contributed by atoms with Gasteiger partial charge in [0.1, 0.15) is 0 Å². The van der Waals surface area contributed by atoms with E-state index in [1.807, 2.05) is 30.3 Å². The molecule has 1 aliphatic carbocycles. The molecule has 0 spiro atoms. The van der Waals surface area contributed by atoms with Crippen molar-refractivity contribution >= 4 is 45.6 Å². The number of nitrogens with two attached hydrogens (primary N) is 1. The Balaban J connectivity index is 0.00000240. The summed E-state index contributed by atoms with van der Waals surface area (Å²) in [5.41, 5.74) is 6.37. The Morgan fingerprint density at radius 2 is 1.55 bits per heavy atom. The van der Waals surface area contributed by atoms with E-state index >= 15 is 0 Å². The van der Waals surface area contributed by atoms with E-state index in [1.165, 1.54) is 38.5 Å². The Kier molecular flexibility index (Phi) is 13.0. The quantitative estimate of drug-likeness (QED) is 0.335. The van der Waals surface area contributed by atoms with Crippen molar-refractivity contribution in [1.29, 1.82) is 0 Å². The maximum absolute atomic E-state index is 12.5. The number of fused-ring (bicyclic) bond motifs is 1. The molecule has 0 amide bonds. The van der Waals surface area contributed by atoms with Gasteiger partial charge in [0.25, 0.3) is 0 Å². The molecule has 3 rings (SSSR count). The first-order chi connectivity index (χ1) is 14.1. The number of nitrogens with one attached hydrogen (secondary N) is 2. The highest BCUT2D eigenvalue weighted by Gasteiger charge is 2.19. The highest BCUT2D eigenvalue weighted by molar-refractivity contribution is 7.89. The smallest absolute Gasteiger partial charge is 0.240 e. The van der Waals surface area contributed by atoms with Crippen LogP contribution in [0, 0.1) is 5.92 Å². The fourth-order valence-corrected chi connectivity index (χ4v) is 5.28. The van der Waals surface area contributed by atoms with Gasteiger partial charge < -0.3 is 11.1 Å². The Labute approximate surface area is 199 Å². The van der Waals surface area contributed by atoms with Gasteiger partial charge in [0.15, 0.2) is 0 Å². The lowest BCUT2D eigenvalue weighted by Crippen LogP contribution is -2.40. The topological polar surface area (TPSA) is 84.2 Å². The third-order valence-corrected chi connectivity index (χ3v) is 7.45. The van der Waals surface area contributed by atoms with Crippen molar-refractivity contribution < 1.29 is 8.42 Å². The Hall–Kier alpha value is -0.890. The minimum atomic E-state index is -3.47. The summed E-state index contributed by atoms with van der Waals surface area (Å²) in [5.74, 6) is 0.652. The molecule has 1 atom stereocenters. The van der Waals surface area contributed by atoms with Gasteiger partial charge >= 0.3 is 0 Å². The van der Waals surface area contributed by atoms with Crippen molar-refractivity contribution in [2.24, 2.45) is 11.7 Å². The van der Waals surface area contributed by atoms with Crippen LogP contribution in [0.5, 0.6) is 0 Å². The molecule has 0 radical (unpaired) electrons. The number of halogens is 2. The molecule has 0 bridgehead atoms. The van der Waals surface area contributed by atoms with Crippen molar-refractivity contribution in [3.63, 3.8) is 0 Å². The fourth-order valence-electron chi connectivity index (χ4n) is 4.17. The standard InChI is InChI=1S/C23H35N3O2S.2ClH/c24-23(20-10-3-1-2-4-11-20)18-25-15-7-8-16-26-29(27,28)22-14-13-19-9-5-6-12-21(19)17-22;;/h5-6,9,12-14,17,20,23,25-26H,1-4,7-8,10-11,15-16,18,24H2;2*1H. The average Bonchev–Trinajstić information content (AvgIpc) is 3.02. The predicted octanol–water partition coefficient (Wildman–Crippen LogP) is 4.63. The van der Waals surface area contributed by atoms with Crippen LogP contribution < -0.4 is 15.8 Å². The van der Waals surface area contributed by atoms with Crippen LogP contribution in [-0.2, 0) is 10.0 Å². The van der Waals surface area contributed by atoms with Crippen LogP contribution >= 0.6 is 24.8 Å². The van der Waals surface area contributed by atoms with Crippen LogP contribution in [0.15, 0.2) is 47.4 Å². The molecular formula is C23H37Cl2N3O2S. The molecule has 0 aromatic heterocycles. The van der Waals surface area contributed by atoms with Gasteiger partial charge in [0, 0.05) is 19.1 Å². The molecule has 2 aromatic carbocycles. The highest BCUT2D eigenvalue weighted by Crippen LogP contribution is 2.24. The molecule has 8 heteroatoms. The molecule has 1 saturated carbocycles. The number of rotatable bonds is 10. The van der Waals surface area contributed by atoms with E-state index in [0.29, 0.717) is 17.4 Å². The molecule has 0 heterocycles. The molecule has 1 unspecified atom stereocenters. The second-order valence-corrected chi connectivity index (χ2v) is 10.0. The molecule has 0 saturated heterocycles. The molecule has 0 aliphatic heterocycles. The Morgan fingerprint density at radius 3 is 2.26 bits per heavy atom. The zero-order chi connectivity index (χ0) is 20.5. The molecule has 1 aliphatic rings. The third kappa shape index (κ3) is 8.87. The van der Waals surface area contributed by atoms with Crippen LogP contribution in [0.1, 0.15) is 51.4 Å². The second-order valence-electron chi connectivity index (χ2n) is 8.23. The Bertz CT molecular complexity index is 872. The number of hydrogen-bond donors (Lipinski definition) is 3. The predicted molar refractivity (Wildman–Crippen MR) is 135 cm³/mol. The zero-order valence-corrected chi connectivity index (χ0v) is 20.5. The van der Waals surface area contributed by atoms with Crippen LogP contribution in [-0.4, -0.2) is 34.1 Å². The summed E-state index contributed by atoms with van der Waals surface area (Å²) in [6.07, 6.45) is 9.60. The van der Waals surface area contributed by atoms with E-state index < -0.39 is 10.0 Å². The van der Waals surface area contributed by atoms with Gasteiger partial charge in [-0.15, -0.1) is 24.8 Å². The normalized spacial score (nSPS) is 16.2. The number of benzene rings is 2. The summed E-state index contributed by atoms with van der Waals surface area (Å²) >= 11 is 0. The summed E-state index contributed by atoms with van der Waals surface area (Å²) in [4.78, 5) is 0.323. The maximum atomic E-state index is 12.5. The largest absolute Gasteiger partial charge is 0.326 e. The SMILES string of the molecule is Cl.Cl.NC(CNCCCCNS(=O)(=O)c1ccc2ccccc2c1)C1CCCCCC1. The number of sulfonamides is 1. The van der Waals surface area contributed by atoms with Gasteiger partial charge in [-0.05, 0) is 61.1 Å². The molecule has 5 nitrogen and oxygen atoms in total. The minimum absolute atomic E-state index is 0. The summed E-state index contributed by atoms with van der Waals surface area (Å²) in [5, 5.41) is 5.43. The summed E-state index contributed by atoms with van der Waals surface area (Å²) in [6, 6.07) is 13.3. The molecule has 4 N–H and O–H groups in total. The van der Waals surface area contributed by atoms with E-state index in [4.69, 9.17) is 5.73 Å². The first-order valence-corrected chi connectivity index (χ1v) is 12.5. The van der Waals surface area contributed by atoms with Gasteiger partial charge in [0.2, 0.25) is 10.0 Å². The lowest BCUT2D eigenvalue weighted by atomic mass is 9.92. The first kappa shape index (κ1) is 28.1. The van der Waals surface area contributed by atoms with E-state index in [-0.39, 0.29) is 30.9 Å². The van der Waals surface area contributed by atoms with Crippen molar-refractivity contribution in [2.45, 2.75) is 62.3 Å². The van der Waals surface area contributed by atoms with Crippen molar-refractivity contribution in [1.82, 2.24) is 10.0 Å². The Morgan fingerprint density at radius 1 is 0.903 bits per heavy atom. The average molecular weight is 491 g/mol. The molecule has 176 valence electrons. The summed E-state index contributed by atoms with van der Waals surface area (Å²) < 4.78 is 27.7. The highest BCUT2D eigenvalue weighted by atomic mass is 35.5. The van der Waals surface area contributed by atoms with E-state index in [0.717, 1.165) is 36.7 Å². The van der Waals surface area contributed by atoms with Crippen molar-refractivity contribution in [2.75, 3.05) is 19.6 Å². The van der Waals surface area contributed by atoms with Crippen molar-refractivity contribution in [3.8, 4) is 0 Å². The van der Waals surface area contributed by atoms with Crippen molar-refractivity contribution in [3.05, 3.63) is 42.5 Å². The van der Waals surface area contributed by atoms with Gasteiger partial charge in [-0.1, -0.05) is 56.0 Å². The molecule has 2 aromatic rings. The van der Waals surface area contributed by atoms with Gasteiger partial charge in [0.05, 0.1) is 4.90 Å². The third-order valence-electron chi connectivity index (χ3n) is 5.99. The second kappa shape index (κ2) is 14.3. The van der Waals surface area contributed by atoms with Crippen LogP contribution in [0.2, 0.25) is 0 Å².